The van der Waals surface area contributed by atoms with E-state index in [1.54, 1.807) is 19.1 Å². The van der Waals surface area contributed by atoms with Gasteiger partial charge in [0.1, 0.15) is 5.82 Å². The second-order valence-electron chi connectivity index (χ2n) is 5.07. The van der Waals surface area contributed by atoms with Gasteiger partial charge in [-0.15, -0.1) is 0 Å². The normalized spacial score (nSPS) is 15.1. The SMILES string of the molecule is CC(C)CCCC(C)(O)c1cccc(F)c1. The van der Waals surface area contributed by atoms with Gasteiger partial charge in [-0.05, 0) is 43.4 Å². The summed E-state index contributed by atoms with van der Waals surface area (Å²) < 4.78 is 13.0. The number of benzene rings is 1. The Morgan fingerprint density at radius 2 is 2.06 bits per heavy atom. The van der Waals surface area contributed by atoms with Crippen molar-refractivity contribution in [1.29, 1.82) is 0 Å². The lowest BCUT2D eigenvalue weighted by Crippen LogP contribution is -2.21. The molecule has 1 aromatic rings. The van der Waals surface area contributed by atoms with E-state index in [9.17, 15) is 9.50 Å². The molecule has 1 rings (SSSR count). The van der Waals surface area contributed by atoms with Gasteiger partial charge in [0.05, 0.1) is 5.60 Å². The molecule has 0 heterocycles. The Kier molecular flexibility index (Phi) is 4.48. The quantitative estimate of drug-likeness (QED) is 0.805. The summed E-state index contributed by atoms with van der Waals surface area (Å²) in [4.78, 5) is 0. The molecule has 0 bridgehead atoms. The summed E-state index contributed by atoms with van der Waals surface area (Å²) in [6.45, 7) is 6.08. The van der Waals surface area contributed by atoms with Crippen LogP contribution in [0.1, 0.15) is 45.6 Å². The van der Waals surface area contributed by atoms with Crippen LogP contribution in [0, 0.1) is 11.7 Å². The molecule has 90 valence electrons. The van der Waals surface area contributed by atoms with Gasteiger partial charge in [0.15, 0.2) is 0 Å². The maximum Gasteiger partial charge on any atom is 0.123 e. The lowest BCUT2D eigenvalue weighted by Gasteiger charge is -2.24. The van der Waals surface area contributed by atoms with Gasteiger partial charge in [0.2, 0.25) is 0 Å². The van der Waals surface area contributed by atoms with Crippen molar-refractivity contribution in [3.8, 4) is 0 Å². The van der Waals surface area contributed by atoms with Crippen LogP contribution in [-0.2, 0) is 5.60 Å². The Hall–Kier alpha value is -0.890. The molecule has 0 saturated heterocycles. The summed E-state index contributed by atoms with van der Waals surface area (Å²) in [5.74, 6) is 0.352. The minimum absolute atomic E-state index is 0.290. The second kappa shape index (κ2) is 5.44. The highest BCUT2D eigenvalue weighted by molar-refractivity contribution is 5.22. The smallest absolute Gasteiger partial charge is 0.123 e. The molecular weight excluding hydrogens is 203 g/mol. The fourth-order valence-electron chi connectivity index (χ4n) is 1.82. The highest BCUT2D eigenvalue weighted by atomic mass is 19.1. The molecule has 0 aliphatic rings. The highest BCUT2D eigenvalue weighted by Gasteiger charge is 2.22. The predicted molar refractivity (Wildman–Crippen MR) is 64.7 cm³/mol. The van der Waals surface area contributed by atoms with E-state index in [4.69, 9.17) is 0 Å². The fraction of sp³-hybridized carbons (Fsp3) is 0.571. The van der Waals surface area contributed by atoms with Crippen molar-refractivity contribution in [2.75, 3.05) is 0 Å². The topological polar surface area (TPSA) is 20.2 Å². The first kappa shape index (κ1) is 13.2. The van der Waals surface area contributed by atoms with Crippen molar-refractivity contribution in [1.82, 2.24) is 0 Å². The summed E-state index contributed by atoms with van der Waals surface area (Å²) in [5, 5.41) is 10.3. The second-order valence-corrected chi connectivity index (χ2v) is 5.07. The van der Waals surface area contributed by atoms with Gasteiger partial charge >= 0.3 is 0 Å². The molecule has 1 aromatic carbocycles. The Labute approximate surface area is 97.3 Å². The van der Waals surface area contributed by atoms with Crippen molar-refractivity contribution in [2.45, 2.75) is 45.6 Å². The van der Waals surface area contributed by atoms with Crippen LogP contribution in [0.2, 0.25) is 0 Å². The molecule has 1 nitrogen and oxygen atoms in total. The van der Waals surface area contributed by atoms with E-state index in [1.165, 1.54) is 12.1 Å². The van der Waals surface area contributed by atoms with Crippen molar-refractivity contribution in [2.24, 2.45) is 5.92 Å². The zero-order valence-corrected chi connectivity index (χ0v) is 10.3. The average molecular weight is 224 g/mol. The molecule has 0 amide bonds. The first-order chi connectivity index (χ1) is 7.42. The third kappa shape index (κ3) is 3.93. The first-order valence-corrected chi connectivity index (χ1v) is 5.90. The molecular formula is C14H21FO. The van der Waals surface area contributed by atoms with Gasteiger partial charge < -0.3 is 5.11 Å². The average Bonchev–Trinajstić information content (AvgIpc) is 2.16. The van der Waals surface area contributed by atoms with Gasteiger partial charge in [-0.3, -0.25) is 0 Å². The van der Waals surface area contributed by atoms with Crippen LogP contribution in [0.25, 0.3) is 0 Å². The van der Waals surface area contributed by atoms with Gasteiger partial charge in [0, 0.05) is 0 Å². The van der Waals surface area contributed by atoms with Crippen LogP contribution in [0.15, 0.2) is 24.3 Å². The first-order valence-electron chi connectivity index (χ1n) is 5.90. The van der Waals surface area contributed by atoms with E-state index in [1.807, 2.05) is 0 Å². The van der Waals surface area contributed by atoms with Crippen molar-refractivity contribution < 1.29 is 9.50 Å². The van der Waals surface area contributed by atoms with Gasteiger partial charge in [-0.2, -0.15) is 0 Å². The summed E-state index contributed by atoms with van der Waals surface area (Å²) >= 11 is 0. The maximum absolute atomic E-state index is 13.0. The minimum Gasteiger partial charge on any atom is -0.385 e. The molecule has 1 atom stereocenters. The van der Waals surface area contributed by atoms with Crippen LogP contribution in [-0.4, -0.2) is 5.11 Å². The van der Waals surface area contributed by atoms with E-state index in [0.29, 0.717) is 17.9 Å². The molecule has 1 unspecified atom stereocenters. The third-order valence-corrected chi connectivity index (χ3v) is 2.89. The molecule has 16 heavy (non-hydrogen) atoms. The summed E-state index contributed by atoms with van der Waals surface area (Å²) in [6, 6.07) is 6.23. The van der Waals surface area contributed by atoms with Gasteiger partial charge in [0.25, 0.3) is 0 Å². The van der Waals surface area contributed by atoms with Crippen LogP contribution in [0.4, 0.5) is 4.39 Å². The van der Waals surface area contributed by atoms with Crippen LogP contribution in [0.3, 0.4) is 0 Å². The zero-order valence-electron chi connectivity index (χ0n) is 10.3. The Morgan fingerprint density at radius 1 is 1.38 bits per heavy atom. The zero-order chi connectivity index (χ0) is 12.2. The molecule has 0 aliphatic heterocycles. The standard InChI is InChI=1S/C14H21FO/c1-11(2)6-5-9-14(3,16)12-7-4-8-13(15)10-12/h4,7-8,10-11,16H,5-6,9H2,1-3H3. The van der Waals surface area contributed by atoms with Crippen LogP contribution < -0.4 is 0 Å². The van der Waals surface area contributed by atoms with Gasteiger partial charge in [-0.25, -0.2) is 4.39 Å². The molecule has 0 radical (unpaired) electrons. The molecule has 0 spiro atoms. The van der Waals surface area contributed by atoms with E-state index < -0.39 is 5.60 Å². The predicted octanol–water partition coefficient (Wildman–Crippen LogP) is 3.86. The van der Waals surface area contributed by atoms with E-state index in [-0.39, 0.29) is 5.82 Å². The fourth-order valence-corrected chi connectivity index (χ4v) is 1.82. The van der Waals surface area contributed by atoms with E-state index in [0.717, 1.165) is 12.8 Å². The third-order valence-electron chi connectivity index (χ3n) is 2.89. The molecule has 0 fully saturated rings. The Morgan fingerprint density at radius 3 is 2.62 bits per heavy atom. The summed E-state index contributed by atoms with van der Waals surface area (Å²) in [6.07, 6.45) is 2.72. The van der Waals surface area contributed by atoms with Crippen molar-refractivity contribution in [3.05, 3.63) is 35.6 Å². The highest BCUT2D eigenvalue weighted by Crippen LogP contribution is 2.27. The van der Waals surface area contributed by atoms with Crippen LogP contribution in [0.5, 0.6) is 0 Å². The lowest BCUT2D eigenvalue weighted by atomic mass is 9.89. The molecule has 1 N–H and O–H groups in total. The number of aliphatic hydroxyl groups is 1. The van der Waals surface area contributed by atoms with E-state index >= 15 is 0 Å². The van der Waals surface area contributed by atoms with Crippen LogP contribution >= 0.6 is 0 Å². The molecule has 0 aromatic heterocycles. The molecule has 2 heteroatoms. The number of rotatable bonds is 5. The maximum atomic E-state index is 13.0. The summed E-state index contributed by atoms with van der Waals surface area (Å²) in [5.41, 5.74) is -0.256. The molecule has 0 aliphatic carbocycles. The lowest BCUT2D eigenvalue weighted by molar-refractivity contribution is 0.0438. The molecule has 0 saturated carbocycles. The van der Waals surface area contributed by atoms with Crippen molar-refractivity contribution in [3.63, 3.8) is 0 Å². The van der Waals surface area contributed by atoms with Crippen molar-refractivity contribution >= 4 is 0 Å². The summed E-state index contributed by atoms with van der Waals surface area (Å²) in [7, 11) is 0. The largest absolute Gasteiger partial charge is 0.385 e. The number of hydrogen-bond donors (Lipinski definition) is 1. The van der Waals surface area contributed by atoms with E-state index in [2.05, 4.69) is 13.8 Å². The Bertz CT molecular complexity index is 331. The monoisotopic (exact) mass is 224 g/mol. The Balaban J connectivity index is 2.62. The van der Waals surface area contributed by atoms with Gasteiger partial charge in [-0.1, -0.05) is 32.4 Å². The minimum atomic E-state index is -0.920. The number of halogens is 1. The number of hydrogen-bond acceptors (Lipinski definition) is 1.